The quantitative estimate of drug-likeness (QED) is 0.131. The van der Waals surface area contributed by atoms with Crippen LogP contribution in [-0.4, -0.2) is 12.6 Å². The molecule has 0 radical (unpaired) electrons. The molecule has 0 aliphatic heterocycles. The summed E-state index contributed by atoms with van der Waals surface area (Å²) in [6.45, 7) is 6.45. The second-order valence-corrected chi connectivity index (χ2v) is 7.70. The van der Waals surface area contributed by atoms with E-state index in [1.807, 2.05) is 19.9 Å². The lowest BCUT2D eigenvalue weighted by molar-refractivity contribution is -0.138. The SMILES string of the molecule is CCCCCCCCCCCCCCCCCCC=C(C)C(=O)OCC. The molecule has 0 aromatic heterocycles. The van der Waals surface area contributed by atoms with Crippen LogP contribution < -0.4 is 0 Å². The van der Waals surface area contributed by atoms with Gasteiger partial charge in [-0.25, -0.2) is 4.79 Å². The van der Waals surface area contributed by atoms with Crippen molar-refractivity contribution in [3.63, 3.8) is 0 Å². The molecule has 2 nitrogen and oxygen atoms in total. The van der Waals surface area contributed by atoms with Crippen molar-refractivity contribution >= 4 is 5.97 Å². The standard InChI is InChI=1S/C24H46O2/c1-4-6-7-8-9-10-11-12-13-14-15-16-17-18-19-20-21-22-23(3)24(25)26-5-2/h22H,4-21H2,1-3H3. The Morgan fingerprint density at radius 1 is 0.654 bits per heavy atom. The number of allylic oxidation sites excluding steroid dienone is 1. The third kappa shape index (κ3) is 18.0. The van der Waals surface area contributed by atoms with Crippen molar-refractivity contribution in [3.05, 3.63) is 11.6 Å². The number of carbonyl (C=O) groups is 1. The lowest BCUT2D eigenvalue weighted by atomic mass is 10.0. The van der Waals surface area contributed by atoms with Crippen molar-refractivity contribution in [2.45, 2.75) is 130 Å². The highest BCUT2D eigenvalue weighted by Gasteiger charge is 2.02. The first-order chi connectivity index (χ1) is 12.7. The minimum Gasteiger partial charge on any atom is -0.463 e. The molecule has 0 aromatic rings. The normalized spacial score (nSPS) is 11.7. The van der Waals surface area contributed by atoms with Crippen LogP contribution in [0.25, 0.3) is 0 Å². The fourth-order valence-corrected chi connectivity index (χ4v) is 3.34. The third-order valence-corrected chi connectivity index (χ3v) is 5.11. The molecule has 0 saturated heterocycles. The van der Waals surface area contributed by atoms with Crippen LogP contribution in [0.15, 0.2) is 11.6 Å². The van der Waals surface area contributed by atoms with Gasteiger partial charge in [-0.05, 0) is 26.7 Å². The highest BCUT2D eigenvalue weighted by molar-refractivity contribution is 5.87. The summed E-state index contributed by atoms with van der Waals surface area (Å²) in [5.74, 6) is -0.163. The van der Waals surface area contributed by atoms with Gasteiger partial charge in [0.05, 0.1) is 6.61 Å². The molecule has 0 saturated carbocycles. The van der Waals surface area contributed by atoms with Crippen LogP contribution in [-0.2, 0) is 9.53 Å². The predicted molar refractivity (Wildman–Crippen MR) is 115 cm³/mol. The third-order valence-electron chi connectivity index (χ3n) is 5.11. The van der Waals surface area contributed by atoms with E-state index < -0.39 is 0 Å². The van der Waals surface area contributed by atoms with Gasteiger partial charge in [-0.1, -0.05) is 109 Å². The zero-order chi connectivity index (χ0) is 19.3. The van der Waals surface area contributed by atoms with Crippen LogP contribution in [0.3, 0.4) is 0 Å². The fourth-order valence-electron chi connectivity index (χ4n) is 3.34. The second kappa shape index (κ2) is 20.5. The van der Waals surface area contributed by atoms with Crippen molar-refractivity contribution in [1.29, 1.82) is 0 Å². The molecule has 0 aromatic carbocycles. The van der Waals surface area contributed by atoms with E-state index in [1.165, 1.54) is 103 Å². The summed E-state index contributed by atoms with van der Waals surface area (Å²) in [7, 11) is 0. The summed E-state index contributed by atoms with van der Waals surface area (Å²) in [6.07, 6.45) is 25.4. The van der Waals surface area contributed by atoms with Crippen molar-refractivity contribution in [2.24, 2.45) is 0 Å². The Kier molecular flexibility index (Phi) is 19.9. The van der Waals surface area contributed by atoms with E-state index in [9.17, 15) is 4.79 Å². The van der Waals surface area contributed by atoms with Gasteiger partial charge in [0.15, 0.2) is 0 Å². The Hall–Kier alpha value is -0.790. The van der Waals surface area contributed by atoms with Crippen molar-refractivity contribution in [3.8, 4) is 0 Å². The zero-order valence-electron chi connectivity index (χ0n) is 18.1. The highest BCUT2D eigenvalue weighted by Crippen LogP contribution is 2.14. The minimum atomic E-state index is -0.163. The summed E-state index contributed by atoms with van der Waals surface area (Å²) in [5, 5.41) is 0. The average molecular weight is 367 g/mol. The molecule has 0 atom stereocenters. The summed E-state index contributed by atoms with van der Waals surface area (Å²) < 4.78 is 4.98. The van der Waals surface area contributed by atoms with Gasteiger partial charge in [-0.15, -0.1) is 0 Å². The first kappa shape index (κ1) is 25.2. The smallest absolute Gasteiger partial charge is 0.333 e. The fraction of sp³-hybridized carbons (Fsp3) is 0.875. The number of unbranched alkanes of at least 4 members (excludes halogenated alkanes) is 16. The molecule has 0 spiro atoms. The number of esters is 1. The van der Waals surface area contributed by atoms with Crippen LogP contribution in [0.1, 0.15) is 130 Å². The molecule has 0 fully saturated rings. The topological polar surface area (TPSA) is 26.3 Å². The van der Waals surface area contributed by atoms with Crippen LogP contribution in [0.4, 0.5) is 0 Å². The van der Waals surface area contributed by atoms with Gasteiger partial charge in [0.1, 0.15) is 0 Å². The molecule has 0 heterocycles. The second-order valence-electron chi connectivity index (χ2n) is 7.70. The molecule has 0 rings (SSSR count). The number of carbonyl (C=O) groups excluding carboxylic acids is 1. The molecule has 0 aliphatic carbocycles. The van der Waals surface area contributed by atoms with Crippen LogP contribution in [0.2, 0.25) is 0 Å². The van der Waals surface area contributed by atoms with Gasteiger partial charge in [0.2, 0.25) is 0 Å². The van der Waals surface area contributed by atoms with Crippen LogP contribution in [0.5, 0.6) is 0 Å². The number of hydrogen-bond acceptors (Lipinski definition) is 2. The van der Waals surface area contributed by atoms with Crippen LogP contribution >= 0.6 is 0 Å². The van der Waals surface area contributed by atoms with E-state index in [0.29, 0.717) is 6.61 Å². The van der Waals surface area contributed by atoms with Gasteiger partial charge in [0.25, 0.3) is 0 Å². The number of rotatable bonds is 19. The van der Waals surface area contributed by atoms with Gasteiger partial charge in [0, 0.05) is 5.57 Å². The maximum atomic E-state index is 11.5. The molecule has 2 heteroatoms. The van der Waals surface area contributed by atoms with E-state index in [4.69, 9.17) is 4.74 Å². The van der Waals surface area contributed by atoms with E-state index >= 15 is 0 Å². The number of hydrogen-bond donors (Lipinski definition) is 0. The van der Waals surface area contributed by atoms with Crippen molar-refractivity contribution in [2.75, 3.05) is 6.61 Å². The molecule has 26 heavy (non-hydrogen) atoms. The van der Waals surface area contributed by atoms with Crippen molar-refractivity contribution < 1.29 is 9.53 Å². The molecular weight excluding hydrogens is 320 g/mol. The van der Waals surface area contributed by atoms with E-state index in [0.717, 1.165) is 12.0 Å². The zero-order valence-corrected chi connectivity index (χ0v) is 18.1. The van der Waals surface area contributed by atoms with Crippen molar-refractivity contribution in [1.82, 2.24) is 0 Å². The van der Waals surface area contributed by atoms with Gasteiger partial charge in [-0.2, -0.15) is 0 Å². The lowest BCUT2D eigenvalue weighted by Crippen LogP contribution is -2.04. The monoisotopic (exact) mass is 366 g/mol. The Bertz CT molecular complexity index is 333. The Morgan fingerprint density at radius 2 is 1.04 bits per heavy atom. The summed E-state index contributed by atoms with van der Waals surface area (Å²) >= 11 is 0. The predicted octanol–water partition coefficient (Wildman–Crippen LogP) is 8.15. The Labute approximate surface area is 164 Å². The molecule has 154 valence electrons. The van der Waals surface area contributed by atoms with E-state index in [1.54, 1.807) is 0 Å². The first-order valence-corrected chi connectivity index (χ1v) is 11.6. The summed E-state index contributed by atoms with van der Waals surface area (Å²) in [6, 6.07) is 0. The molecule has 0 aliphatic rings. The first-order valence-electron chi connectivity index (χ1n) is 11.6. The van der Waals surface area contributed by atoms with Crippen LogP contribution in [0, 0.1) is 0 Å². The van der Waals surface area contributed by atoms with E-state index in [2.05, 4.69) is 6.92 Å². The van der Waals surface area contributed by atoms with E-state index in [-0.39, 0.29) is 5.97 Å². The summed E-state index contributed by atoms with van der Waals surface area (Å²) in [5.41, 5.74) is 0.757. The van der Waals surface area contributed by atoms with Gasteiger partial charge in [-0.3, -0.25) is 0 Å². The Balaban J connectivity index is 3.20. The summed E-state index contributed by atoms with van der Waals surface area (Å²) in [4.78, 5) is 11.5. The largest absolute Gasteiger partial charge is 0.463 e. The minimum absolute atomic E-state index is 0.163. The maximum absolute atomic E-state index is 11.5. The Morgan fingerprint density at radius 3 is 1.42 bits per heavy atom. The average Bonchev–Trinajstić information content (AvgIpc) is 2.64. The molecule has 0 N–H and O–H groups in total. The van der Waals surface area contributed by atoms with Gasteiger partial charge >= 0.3 is 5.97 Å². The highest BCUT2D eigenvalue weighted by atomic mass is 16.5. The molecular formula is C24H46O2. The number of ether oxygens (including phenoxy) is 1. The molecule has 0 amide bonds. The molecule has 0 bridgehead atoms. The van der Waals surface area contributed by atoms with Gasteiger partial charge < -0.3 is 4.74 Å². The lowest BCUT2D eigenvalue weighted by Gasteiger charge is -2.03. The molecule has 0 unspecified atom stereocenters. The maximum Gasteiger partial charge on any atom is 0.333 e.